The number of hydrogen-bond acceptors (Lipinski definition) is 5. The smallest absolute Gasteiger partial charge is 0.412 e. The Morgan fingerprint density at radius 1 is 1.27 bits per heavy atom. The van der Waals surface area contributed by atoms with Crippen molar-refractivity contribution in [2.24, 2.45) is 0 Å². The zero-order valence-electron chi connectivity index (χ0n) is 12.8. The van der Waals surface area contributed by atoms with Crippen molar-refractivity contribution in [2.75, 3.05) is 5.32 Å². The zero-order chi connectivity index (χ0) is 16.2. The van der Waals surface area contributed by atoms with Crippen molar-refractivity contribution in [1.82, 2.24) is 4.98 Å². The maximum Gasteiger partial charge on any atom is 0.412 e. The Balaban J connectivity index is 2.31. The molecule has 0 saturated carbocycles. The Bertz CT molecular complexity index is 692. The molecule has 0 spiro atoms. The monoisotopic (exact) mass is 302 g/mol. The molecule has 0 atom stereocenters. The van der Waals surface area contributed by atoms with Gasteiger partial charge in [-0.2, -0.15) is 0 Å². The quantitative estimate of drug-likeness (QED) is 0.877. The first-order valence-corrected chi connectivity index (χ1v) is 6.81. The van der Waals surface area contributed by atoms with Gasteiger partial charge in [-0.05, 0) is 26.3 Å². The molecule has 1 amide bonds. The van der Waals surface area contributed by atoms with Crippen LogP contribution in [0.1, 0.15) is 26.3 Å². The summed E-state index contributed by atoms with van der Waals surface area (Å²) in [4.78, 5) is 26.4. The van der Waals surface area contributed by atoms with E-state index in [1.807, 2.05) is 18.2 Å². The van der Waals surface area contributed by atoms with Crippen LogP contribution < -0.4 is 5.32 Å². The predicted molar refractivity (Wildman–Crippen MR) is 82.5 cm³/mol. The summed E-state index contributed by atoms with van der Waals surface area (Å²) < 4.78 is 10.0. The molecule has 1 aromatic heterocycles. The van der Waals surface area contributed by atoms with E-state index in [1.54, 1.807) is 33.2 Å². The van der Waals surface area contributed by atoms with Crippen LogP contribution in [-0.4, -0.2) is 23.2 Å². The van der Waals surface area contributed by atoms with Gasteiger partial charge in [-0.1, -0.05) is 18.2 Å². The number of carbonyl (C=O) groups excluding carboxylic acids is 2. The summed E-state index contributed by atoms with van der Waals surface area (Å²) in [6.07, 6.45) is 2.67. The van der Waals surface area contributed by atoms with E-state index in [2.05, 4.69) is 10.3 Å². The van der Waals surface area contributed by atoms with E-state index in [-0.39, 0.29) is 6.61 Å². The number of carbonyl (C=O) groups is 2. The van der Waals surface area contributed by atoms with E-state index in [4.69, 9.17) is 9.47 Å². The van der Waals surface area contributed by atoms with Gasteiger partial charge in [0.05, 0.1) is 11.9 Å². The molecule has 0 radical (unpaired) electrons. The highest BCUT2D eigenvalue weighted by Gasteiger charge is 2.17. The van der Waals surface area contributed by atoms with Gasteiger partial charge in [0, 0.05) is 17.0 Å². The van der Waals surface area contributed by atoms with Gasteiger partial charge in [0.25, 0.3) is 6.47 Å². The molecule has 0 bridgehead atoms. The van der Waals surface area contributed by atoms with Crippen LogP contribution in [0.4, 0.5) is 10.5 Å². The number of pyridine rings is 1. The molecule has 2 aromatic rings. The molecule has 0 saturated heterocycles. The van der Waals surface area contributed by atoms with Gasteiger partial charge in [0.1, 0.15) is 12.2 Å². The Labute approximate surface area is 128 Å². The molecule has 22 heavy (non-hydrogen) atoms. The second-order valence-electron chi connectivity index (χ2n) is 5.73. The molecule has 0 unspecified atom stereocenters. The summed E-state index contributed by atoms with van der Waals surface area (Å²) in [5, 5.41) is 4.29. The van der Waals surface area contributed by atoms with Crippen molar-refractivity contribution in [2.45, 2.75) is 33.0 Å². The predicted octanol–water partition coefficient (Wildman–Crippen LogP) is 3.25. The molecular formula is C16H18N2O4. The molecule has 1 heterocycles. The molecule has 0 aliphatic heterocycles. The number of benzene rings is 1. The van der Waals surface area contributed by atoms with E-state index in [1.165, 1.54) is 0 Å². The standard InChI is InChI=1S/C16H18N2O4/c1-16(2,3)22-15(20)18-14-8-17-7-13-11(9-21-10-19)5-4-6-12(13)14/h4-8,10H,9H2,1-3H3,(H,18,20). The van der Waals surface area contributed by atoms with Crippen molar-refractivity contribution in [1.29, 1.82) is 0 Å². The summed E-state index contributed by atoms with van der Waals surface area (Å²) in [5.41, 5.74) is 0.773. The van der Waals surface area contributed by atoms with Crippen molar-refractivity contribution < 1.29 is 19.1 Å². The number of hydrogen-bond donors (Lipinski definition) is 1. The third kappa shape index (κ3) is 3.94. The number of amides is 1. The first kappa shape index (κ1) is 15.8. The van der Waals surface area contributed by atoms with Crippen LogP contribution in [0.2, 0.25) is 0 Å². The summed E-state index contributed by atoms with van der Waals surface area (Å²) in [6, 6.07) is 5.52. The van der Waals surface area contributed by atoms with Gasteiger partial charge >= 0.3 is 6.09 Å². The minimum absolute atomic E-state index is 0.151. The van der Waals surface area contributed by atoms with Crippen LogP contribution in [0.5, 0.6) is 0 Å². The first-order valence-electron chi connectivity index (χ1n) is 6.81. The summed E-state index contributed by atoms with van der Waals surface area (Å²) in [7, 11) is 0. The highest BCUT2D eigenvalue weighted by molar-refractivity contribution is 6.00. The fourth-order valence-corrected chi connectivity index (χ4v) is 2.02. The third-order valence-corrected chi connectivity index (χ3v) is 2.84. The largest absolute Gasteiger partial charge is 0.463 e. The lowest BCUT2D eigenvalue weighted by Gasteiger charge is -2.20. The van der Waals surface area contributed by atoms with Gasteiger partial charge in [0.2, 0.25) is 0 Å². The molecule has 0 fully saturated rings. The normalized spacial score (nSPS) is 11.0. The molecule has 2 rings (SSSR count). The Kier molecular flexibility index (Phi) is 4.60. The molecule has 116 valence electrons. The number of nitrogens with one attached hydrogen (secondary N) is 1. The van der Waals surface area contributed by atoms with Crippen LogP contribution in [-0.2, 0) is 20.9 Å². The van der Waals surface area contributed by atoms with Gasteiger partial charge in [0.15, 0.2) is 0 Å². The maximum absolute atomic E-state index is 11.9. The summed E-state index contributed by atoms with van der Waals surface area (Å²) in [6.45, 7) is 5.93. The zero-order valence-corrected chi connectivity index (χ0v) is 12.8. The molecule has 1 aromatic carbocycles. The maximum atomic E-state index is 11.9. The number of anilines is 1. The van der Waals surface area contributed by atoms with Crippen LogP contribution in [0.3, 0.4) is 0 Å². The second kappa shape index (κ2) is 6.43. The molecule has 1 N–H and O–H groups in total. The molecule has 0 aliphatic rings. The third-order valence-electron chi connectivity index (χ3n) is 2.84. The second-order valence-corrected chi connectivity index (χ2v) is 5.73. The fourth-order valence-electron chi connectivity index (χ4n) is 2.02. The lowest BCUT2D eigenvalue weighted by Crippen LogP contribution is -2.27. The van der Waals surface area contributed by atoms with Crippen molar-refractivity contribution in [3.63, 3.8) is 0 Å². The lowest BCUT2D eigenvalue weighted by molar-refractivity contribution is -0.129. The van der Waals surface area contributed by atoms with Crippen LogP contribution >= 0.6 is 0 Å². The minimum Gasteiger partial charge on any atom is -0.463 e. The number of aromatic nitrogens is 1. The van der Waals surface area contributed by atoms with E-state index in [9.17, 15) is 9.59 Å². The van der Waals surface area contributed by atoms with E-state index < -0.39 is 11.7 Å². The van der Waals surface area contributed by atoms with Gasteiger partial charge in [-0.25, -0.2) is 4.79 Å². The van der Waals surface area contributed by atoms with Gasteiger partial charge in [-0.15, -0.1) is 0 Å². The lowest BCUT2D eigenvalue weighted by atomic mass is 10.1. The SMILES string of the molecule is CC(C)(C)OC(=O)Nc1cncc2c(COC=O)cccc12. The number of fused-ring (bicyclic) bond motifs is 1. The Morgan fingerprint density at radius 2 is 2.05 bits per heavy atom. The number of rotatable bonds is 4. The fraction of sp³-hybridized carbons (Fsp3) is 0.312. The topological polar surface area (TPSA) is 77.5 Å². The van der Waals surface area contributed by atoms with Gasteiger partial charge in [-0.3, -0.25) is 15.1 Å². The first-order chi connectivity index (χ1) is 10.4. The van der Waals surface area contributed by atoms with Crippen LogP contribution in [0.15, 0.2) is 30.6 Å². The highest BCUT2D eigenvalue weighted by atomic mass is 16.6. The number of nitrogens with zero attached hydrogens (tertiary/aromatic N) is 1. The van der Waals surface area contributed by atoms with Crippen molar-refractivity contribution in [3.05, 3.63) is 36.2 Å². The summed E-state index contributed by atoms with van der Waals surface area (Å²) >= 11 is 0. The Morgan fingerprint density at radius 3 is 2.73 bits per heavy atom. The minimum atomic E-state index is -0.578. The molecule has 6 nitrogen and oxygen atoms in total. The van der Waals surface area contributed by atoms with Crippen molar-refractivity contribution >= 4 is 29.0 Å². The van der Waals surface area contributed by atoms with Crippen LogP contribution in [0.25, 0.3) is 10.8 Å². The van der Waals surface area contributed by atoms with E-state index in [0.717, 1.165) is 16.3 Å². The average Bonchev–Trinajstić information content (AvgIpc) is 2.43. The number of ether oxygens (including phenoxy) is 2. The Hall–Kier alpha value is -2.63. The average molecular weight is 302 g/mol. The highest BCUT2D eigenvalue weighted by Crippen LogP contribution is 2.26. The van der Waals surface area contributed by atoms with E-state index in [0.29, 0.717) is 12.2 Å². The van der Waals surface area contributed by atoms with Crippen LogP contribution in [0, 0.1) is 0 Å². The van der Waals surface area contributed by atoms with Crippen molar-refractivity contribution in [3.8, 4) is 0 Å². The molecule has 6 heteroatoms. The molecular weight excluding hydrogens is 284 g/mol. The molecule has 0 aliphatic carbocycles. The summed E-state index contributed by atoms with van der Waals surface area (Å²) in [5.74, 6) is 0. The van der Waals surface area contributed by atoms with E-state index >= 15 is 0 Å². The van der Waals surface area contributed by atoms with Gasteiger partial charge < -0.3 is 9.47 Å².